The molecule has 0 atom stereocenters. The predicted octanol–water partition coefficient (Wildman–Crippen LogP) is 2.77. The number of hydrogen-bond donors (Lipinski definition) is 2. The maximum absolute atomic E-state index is 8.56. The molecule has 0 bridgehead atoms. The van der Waals surface area contributed by atoms with Gasteiger partial charge in [0.15, 0.2) is 0 Å². The Kier molecular flexibility index (Phi) is 11.1. The van der Waals surface area contributed by atoms with Crippen molar-refractivity contribution in [2.24, 2.45) is 0 Å². The van der Waals surface area contributed by atoms with E-state index >= 15 is 0 Å². The number of carboxylic acid groups (broad SMARTS) is 2. The van der Waals surface area contributed by atoms with Crippen LogP contribution in [-0.4, -0.2) is 47.0 Å². The van der Waals surface area contributed by atoms with Crippen molar-refractivity contribution in [2.75, 3.05) is 26.2 Å². The summed E-state index contributed by atoms with van der Waals surface area (Å²) < 4.78 is 0.903. The van der Waals surface area contributed by atoms with Gasteiger partial charge in [-0.05, 0) is 24.3 Å². The molecule has 0 amide bonds. The summed E-state index contributed by atoms with van der Waals surface area (Å²) in [5, 5.41) is 13.9. The summed E-state index contributed by atoms with van der Waals surface area (Å²) in [7, 11) is 0. The molecule has 0 aromatic heterocycles. The van der Waals surface area contributed by atoms with Crippen molar-refractivity contribution >= 4 is 6.16 Å². The fourth-order valence-corrected chi connectivity index (χ4v) is 1.54. The van der Waals surface area contributed by atoms with Gasteiger partial charge in [0.1, 0.15) is 0 Å². The molecule has 4 nitrogen and oxygen atoms in total. The van der Waals surface area contributed by atoms with Crippen molar-refractivity contribution in [3.63, 3.8) is 0 Å². The maximum atomic E-state index is 8.56. The zero-order valence-corrected chi connectivity index (χ0v) is 10.2. The average molecular weight is 240 g/mol. The predicted molar refractivity (Wildman–Crippen MR) is 71.2 cm³/mol. The first-order valence-corrected chi connectivity index (χ1v) is 5.18. The lowest BCUT2D eigenvalue weighted by Crippen LogP contribution is -2.48. The molecular weight excluding hydrogens is 218 g/mol. The summed E-state index contributed by atoms with van der Waals surface area (Å²) >= 11 is 0. The normalized spacial score (nSPS) is 9.41. The van der Waals surface area contributed by atoms with Crippen LogP contribution in [-0.2, 0) is 0 Å². The average Bonchev–Trinajstić information content (AvgIpc) is 2.18. The van der Waals surface area contributed by atoms with Crippen molar-refractivity contribution in [2.45, 2.75) is 0 Å². The van der Waals surface area contributed by atoms with Gasteiger partial charge in [-0.3, -0.25) is 0 Å². The van der Waals surface area contributed by atoms with Crippen LogP contribution in [0.5, 0.6) is 0 Å². The molecule has 0 aliphatic carbocycles. The molecule has 0 unspecified atom stereocenters. The first-order chi connectivity index (χ1) is 7.97. The van der Waals surface area contributed by atoms with E-state index in [9.17, 15) is 0 Å². The molecule has 0 radical (unpaired) electrons. The van der Waals surface area contributed by atoms with Crippen molar-refractivity contribution in [3.8, 4) is 0 Å². The van der Waals surface area contributed by atoms with E-state index in [2.05, 4.69) is 26.3 Å². The van der Waals surface area contributed by atoms with Crippen molar-refractivity contribution in [3.05, 3.63) is 50.6 Å². The summed E-state index contributed by atoms with van der Waals surface area (Å²) in [5.74, 6) is 0. The number of hydrogen-bond acceptors (Lipinski definition) is 1. The highest BCUT2D eigenvalue weighted by molar-refractivity contribution is 5.53. The van der Waals surface area contributed by atoms with Gasteiger partial charge in [0.2, 0.25) is 0 Å². The molecule has 17 heavy (non-hydrogen) atoms. The molecule has 0 aliphatic rings. The lowest BCUT2D eigenvalue weighted by molar-refractivity contribution is -0.906. The number of quaternary nitrogens is 1. The third-order valence-electron chi connectivity index (χ3n) is 2.07. The summed E-state index contributed by atoms with van der Waals surface area (Å²) in [4.78, 5) is 8.56. The van der Waals surface area contributed by atoms with E-state index in [4.69, 9.17) is 15.0 Å². The van der Waals surface area contributed by atoms with Gasteiger partial charge in [0.05, 0.1) is 26.2 Å². The Balaban J connectivity index is 0. The molecule has 96 valence electrons. The summed E-state index contributed by atoms with van der Waals surface area (Å²) in [5.41, 5.74) is 0. The van der Waals surface area contributed by atoms with Gasteiger partial charge in [0.25, 0.3) is 0 Å². The van der Waals surface area contributed by atoms with Crippen LogP contribution >= 0.6 is 0 Å². The molecule has 2 N–H and O–H groups in total. The number of nitrogens with zero attached hydrogens (tertiary/aromatic N) is 1. The van der Waals surface area contributed by atoms with Crippen molar-refractivity contribution < 1.29 is 19.5 Å². The third kappa shape index (κ3) is 10.5. The SMILES string of the molecule is C=CC[N+](CC=C)(CC=C)CC=C.O=C(O)O. The van der Waals surface area contributed by atoms with Crippen LogP contribution in [0, 0.1) is 0 Å². The summed E-state index contributed by atoms with van der Waals surface area (Å²) in [6, 6.07) is 0. The van der Waals surface area contributed by atoms with Gasteiger partial charge in [0, 0.05) is 0 Å². The Bertz CT molecular complexity index is 222. The molecule has 0 rings (SSSR count). The topological polar surface area (TPSA) is 57.5 Å². The van der Waals surface area contributed by atoms with Crippen LogP contribution in [0.4, 0.5) is 4.79 Å². The van der Waals surface area contributed by atoms with E-state index in [0.717, 1.165) is 30.7 Å². The maximum Gasteiger partial charge on any atom is 0.503 e. The van der Waals surface area contributed by atoms with E-state index in [1.807, 2.05) is 24.3 Å². The van der Waals surface area contributed by atoms with Crippen LogP contribution in [0.3, 0.4) is 0 Å². The molecule has 0 fully saturated rings. The van der Waals surface area contributed by atoms with E-state index in [-0.39, 0.29) is 0 Å². The second-order valence-electron chi connectivity index (χ2n) is 3.51. The van der Waals surface area contributed by atoms with E-state index in [0.29, 0.717) is 0 Å². The Morgan fingerprint density at radius 2 is 1.00 bits per heavy atom. The zero-order valence-electron chi connectivity index (χ0n) is 10.2. The molecule has 0 aliphatic heterocycles. The van der Waals surface area contributed by atoms with Gasteiger partial charge in [-0.25, -0.2) is 4.79 Å². The van der Waals surface area contributed by atoms with Gasteiger partial charge in [-0.2, -0.15) is 0 Å². The van der Waals surface area contributed by atoms with E-state index in [1.165, 1.54) is 0 Å². The highest BCUT2D eigenvalue weighted by atomic mass is 16.6. The fraction of sp³-hybridized carbons (Fsp3) is 0.308. The lowest BCUT2D eigenvalue weighted by Gasteiger charge is -2.35. The van der Waals surface area contributed by atoms with Crippen LogP contribution in [0.2, 0.25) is 0 Å². The minimum atomic E-state index is -1.83. The van der Waals surface area contributed by atoms with Crippen LogP contribution in [0.25, 0.3) is 0 Å². The molecule has 0 saturated carbocycles. The minimum absolute atomic E-state index is 0.903. The van der Waals surface area contributed by atoms with Crippen LogP contribution < -0.4 is 0 Å². The number of rotatable bonds is 8. The van der Waals surface area contributed by atoms with Crippen LogP contribution in [0.1, 0.15) is 0 Å². The molecule has 0 aromatic rings. The molecule has 0 heterocycles. The van der Waals surface area contributed by atoms with Crippen molar-refractivity contribution in [1.82, 2.24) is 0 Å². The molecule has 0 aromatic carbocycles. The molecule has 4 heteroatoms. The standard InChI is InChI=1S/C12H20N.CH2O3/c1-5-9-13(10-6-2,11-7-3)12-8-4;2-1(3)4/h5-8H,1-4,9-12H2;(H2,2,3,4)/q+1;. The first kappa shape index (κ1) is 17.6. The summed E-state index contributed by atoms with van der Waals surface area (Å²) in [6.45, 7) is 18.8. The van der Waals surface area contributed by atoms with E-state index < -0.39 is 6.16 Å². The fourth-order valence-electron chi connectivity index (χ4n) is 1.54. The number of carbonyl (C=O) groups is 1. The third-order valence-corrected chi connectivity index (χ3v) is 2.07. The molecular formula is C13H22NO3+. The largest absolute Gasteiger partial charge is 0.503 e. The van der Waals surface area contributed by atoms with Crippen molar-refractivity contribution in [1.29, 1.82) is 0 Å². The monoisotopic (exact) mass is 240 g/mol. The molecule has 0 saturated heterocycles. The summed E-state index contributed by atoms with van der Waals surface area (Å²) in [6.07, 6.45) is 5.93. The Morgan fingerprint density at radius 3 is 1.12 bits per heavy atom. The Labute approximate surface area is 103 Å². The highest BCUT2D eigenvalue weighted by Gasteiger charge is 2.20. The first-order valence-electron chi connectivity index (χ1n) is 5.18. The lowest BCUT2D eigenvalue weighted by atomic mass is 10.3. The molecule has 0 spiro atoms. The second kappa shape index (κ2) is 10.7. The van der Waals surface area contributed by atoms with Gasteiger partial charge < -0.3 is 14.7 Å². The van der Waals surface area contributed by atoms with E-state index in [1.54, 1.807) is 0 Å². The smallest absolute Gasteiger partial charge is 0.450 e. The van der Waals surface area contributed by atoms with Crippen LogP contribution in [0.15, 0.2) is 50.6 Å². The van der Waals surface area contributed by atoms with Gasteiger partial charge >= 0.3 is 6.16 Å². The second-order valence-corrected chi connectivity index (χ2v) is 3.51. The van der Waals surface area contributed by atoms with Gasteiger partial charge in [-0.15, -0.1) is 0 Å². The van der Waals surface area contributed by atoms with Gasteiger partial charge in [-0.1, -0.05) is 26.3 Å². The Morgan fingerprint density at radius 1 is 0.824 bits per heavy atom. The highest BCUT2D eigenvalue weighted by Crippen LogP contribution is 2.07. The zero-order chi connectivity index (χ0) is 13.7. The Hall–Kier alpha value is -1.81. The minimum Gasteiger partial charge on any atom is -0.450 e. The quantitative estimate of drug-likeness (QED) is 0.506.